The van der Waals surface area contributed by atoms with E-state index in [9.17, 15) is 9.59 Å². The van der Waals surface area contributed by atoms with Crippen LogP contribution in [0.25, 0.3) is 0 Å². The number of ketones is 1. The van der Waals surface area contributed by atoms with Gasteiger partial charge < -0.3 is 5.11 Å². The second kappa shape index (κ2) is 6.00. The molecule has 1 aliphatic rings. The lowest BCUT2D eigenvalue weighted by molar-refractivity contribution is -0.140. The highest BCUT2D eigenvalue weighted by Gasteiger charge is 2.36. The van der Waals surface area contributed by atoms with Crippen LogP contribution in [0.4, 0.5) is 0 Å². The molecule has 0 amide bonds. The average Bonchev–Trinajstić information content (AvgIpc) is 2.39. The molecule has 1 aliphatic carbocycles. The van der Waals surface area contributed by atoms with Gasteiger partial charge in [0.15, 0.2) is 5.78 Å². The molecule has 1 saturated carbocycles. The number of carboxylic acids is 1. The summed E-state index contributed by atoms with van der Waals surface area (Å²) in [5.41, 5.74) is 0.370. The zero-order chi connectivity index (χ0) is 13.7. The maximum atomic E-state index is 12.3. The van der Waals surface area contributed by atoms with Crippen LogP contribution in [0.5, 0.6) is 0 Å². The van der Waals surface area contributed by atoms with Gasteiger partial charge in [-0.1, -0.05) is 49.6 Å². The third-order valence-electron chi connectivity index (χ3n) is 4.07. The summed E-state index contributed by atoms with van der Waals surface area (Å²) >= 11 is 0. The van der Waals surface area contributed by atoms with E-state index < -0.39 is 5.97 Å². The van der Waals surface area contributed by atoms with E-state index in [2.05, 4.69) is 0 Å². The normalized spacial score (nSPS) is 17.9. The minimum atomic E-state index is -0.789. The Morgan fingerprint density at radius 1 is 1.00 bits per heavy atom. The van der Waals surface area contributed by atoms with Crippen molar-refractivity contribution in [3.8, 4) is 0 Å². The second-order valence-corrected chi connectivity index (χ2v) is 5.60. The average molecular weight is 260 g/mol. The van der Waals surface area contributed by atoms with Crippen molar-refractivity contribution >= 4 is 11.8 Å². The van der Waals surface area contributed by atoms with Crippen molar-refractivity contribution in [3.05, 3.63) is 35.9 Å². The van der Waals surface area contributed by atoms with Crippen LogP contribution in [0.2, 0.25) is 0 Å². The lowest BCUT2D eigenvalue weighted by atomic mass is 9.68. The van der Waals surface area contributed by atoms with Gasteiger partial charge in [-0.25, -0.2) is 0 Å². The van der Waals surface area contributed by atoms with Gasteiger partial charge in [0.2, 0.25) is 0 Å². The van der Waals surface area contributed by atoms with Gasteiger partial charge in [0, 0.05) is 12.0 Å². The van der Waals surface area contributed by atoms with Crippen molar-refractivity contribution in [3.63, 3.8) is 0 Å². The number of benzene rings is 1. The van der Waals surface area contributed by atoms with Gasteiger partial charge in [-0.2, -0.15) is 0 Å². The molecule has 0 spiro atoms. The Hall–Kier alpha value is -1.64. The SMILES string of the molecule is O=C(O)CC1(CC(=O)c2ccccc2)CCCCC1. The molecule has 1 aromatic rings. The van der Waals surface area contributed by atoms with Crippen molar-refractivity contribution in [2.45, 2.75) is 44.9 Å². The van der Waals surface area contributed by atoms with Gasteiger partial charge >= 0.3 is 5.97 Å². The number of aliphatic carboxylic acids is 1. The molecule has 2 rings (SSSR count). The molecule has 0 radical (unpaired) electrons. The van der Waals surface area contributed by atoms with Crippen LogP contribution in [0, 0.1) is 5.41 Å². The Morgan fingerprint density at radius 3 is 2.21 bits per heavy atom. The lowest BCUT2D eigenvalue weighted by Crippen LogP contribution is -2.30. The van der Waals surface area contributed by atoms with Crippen LogP contribution in [-0.2, 0) is 4.79 Å². The largest absolute Gasteiger partial charge is 0.481 e. The first-order chi connectivity index (χ1) is 9.11. The number of carbonyl (C=O) groups excluding carboxylic acids is 1. The Labute approximate surface area is 113 Å². The molecule has 19 heavy (non-hydrogen) atoms. The first kappa shape index (κ1) is 13.8. The van der Waals surface area contributed by atoms with Gasteiger partial charge in [0.1, 0.15) is 0 Å². The summed E-state index contributed by atoms with van der Waals surface area (Å²) in [5, 5.41) is 9.10. The van der Waals surface area contributed by atoms with E-state index in [-0.39, 0.29) is 17.6 Å². The molecule has 0 unspecified atom stereocenters. The summed E-state index contributed by atoms with van der Waals surface area (Å²) in [5.74, 6) is -0.716. The molecule has 3 heteroatoms. The molecule has 0 atom stereocenters. The van der Waals surface area contributed by atoms with Gasteiger partial charge in [0.05, 0.1) is 6.42 Å². The molecule has 102 valence electrons. The fourth-order valence-corrected chi connectivity index (χ4v) is 3.11. The molecule has 0 saturated heterocycles. The summed E-state index contributed by atoms with van der Waals surface area (Å²) in [6.07, 6.45) is 5.43. The lowest BCUT2D eigenvalue weighted by Gasteiger charge is -2.35. The summed E-state index contributed by atoms with van der Waals surface area (Å²) in [6, 6.07) is 9.18. The molecule has 0 bridgehead atoms. The van der Waals surface area contributed by atoms with Gasteiger partial charge in [-0.3, -0.25) is 9.59 Å². The molecule has 3 nitrogen and oxygen atoms in total. The van der Waals surface area contributed by atoms with Crippen molar-refractivity contribution in [1.29, 1.82) is 0 Å². The van der Waals surface area contributed by atoms with Crippen LogP contribution >= 0.6 is 0 Å². The predicted octanol–water partition coefficient (Wildman–Crippen LogP) is 3.68. The van der Waals surface area contributed by atoms with Crippen molar-refractivity contribution in [2.75, 3.05) is 0 Å². The van der Waals surface area contributed by atoms with E-state index in [4.69, 9.17) is 5.11 Å². The van der Waals surface area contributed by atoms with Crippen LogP contribution in [-0.4, -0.2) is 16.9 Å². The monoisotopic (exact) mass is 260 g/mol. The van der Waals surface area contributed by atoms with E-state index in [0.29, 0.717) is 12.0 Å². The van der Waals surface area contributed by atoms with E-state index in [1.54, 1.807) is 12.1 Å². The fraction of sp³-hybridized carbons (Fsp3) is 0.500. The molecular weight excluding hydrogens is 240 g/mol. The third kappa shape index (κ3) is 3.66. The molecule has 0 heterocycles. The molecule has 0 aromatic heterocycles. The molecule has 1 N–H and O–H groups in total. The highest BCUT2D eigenvalue weighted by atomic mass is 16.4. The maximum Gasteiger partial charge on any atom is 0.303 e. The van der Waals surface area contributed by atoms with Crippen LogP contribution in [0.15, 0.2) is 30.3 Å². The minimum Gasteiger partial charge on any atom is -0.481 e. The van der Waals surface area contributed by atoms with Crippen molar-refractivity contribution < 1.29 is 14.7 Å². The molecule has 0 aliphatic heterocycles. The molecular formula is C16H20O3. The second-order valence-electron chi connectivity index (χ2n) is 5.60. The van der Waals surface area contributed by atoms with Gasteiger partial charge in [0.25, 0.3) is 0 Å². The van der Waals surface area contributed by atoms with E-state index >= 15 is 0 Å². The third-order valence-corrected chi connectivity index (χ3v) is 4.07. The van der Waals surface area contributed by atoms with E-state index in [0.717, 1.165) is 32.1 Å². The number of hydrogen-bond acceptors (Lipinski definition) is 2. The van der Waals surface area contributed by atoms with E-state index in [1.165, 1.54) is 0 Å². The smallest absolute Gasteiger partial charge is 0.303 e. The van der Waals surface area contributed by atoms with Crippen LogP contribution < -0.4 is 0 Å². The highest BCUT2D eigenvalue weighted by molar-refractivity contribution is 5.96. The summed E-state index contributed by atoms with van der Waals surface area (Å²) in [7, 11) is 0. The standard InChI is InChI=1S/C16H20O3/c17-14(13-7-3-1-4-8-13)11-16(12-15(18)19)9-5-2-6-10-16/h1,3-4,7-8H,2,5-6,9-12H2,(H,18,19). The minimum absolute atomic E-state index is 0.0729. The first-order valence-corrected chi connectivity index (χ1v) is 6.91. The first-order valence-electron chi connectivity index (χ1n) is 6.91. The number of carboxylic acid groups (broad SMARTS) is 1. The maximum absolute atomic E-state index is 12.3. The van der Waals surface area contributed by atoms with E-state index in [1.807, 2.05) is 18.2 Å². The fourth-order valence-electron chi connectivity index (χ4n) is 3.11. The summed E-state index contributed by atoms with van der Waals surface area (Å²) in [6.45, 7) is 0. The van der Waals surface area contributed by atoms with Crippen molar-refractivity contribution in [1.82, 2.24) is 0 Å². The van der Waals surface area contributed by atoms with Gasteiger partial charge in [-0.05, 0) is 18.3 Å². The number of carbonyl (C=O) groups is 2. The summed E-state index contributed by atoms with van der Waals surface area (Å²) < 4.78 is 0. The Balaban J connectivity index is 2.11. The Kier molecular flexibility index (Phi) is 4.35. The number of Topliss-reactive ketones (excluding diaryl/α,β-unsaturated/α-hetero) is 1. The van der Waals surface area contributed by atoms with Gasteiger partial charge in [-0.15, -0.1) is 0 Å². The number of rotatable bonds is 5. The van der Waals surface area contributed by atoms with Crippen LogP contribution in [0.3, 0.4) is 0 Å². The zero-order valence-corrected chi connectivity index (χ0v) is 11.1. The van der Waals surface area contributed by atoms with Crippen LogP contribution in [0.1, 0.15) is 55.3 Å². The highest BCUT2D eigenvalue weighted by Crippen LogP contribution is 2.43. The quantitative estimate of drug-likeness (QED) is 0.821. The predicted molar refractivity (Wildman–Crippen MR) is 73.2 cm³/mol. The topological polar surface area (TPSA) is 54.4 Å². The summed E-state index contributed by atoms with van der Waals surface area (Å²) in [4.78, 5) is 23.4. The van der Waals surface area contributed by atoms with Crippen molar-refractivity contribution in [2.24, 2.45) is 5.41 Å². The zero-order valence-electron chi connectivity index (χ0n) is 11.1. The molecule has 1 aromatic carbocycles. The Morgan fingerprint density at radius 2 is 1.63 bits per heavy atom. The molecule has 1 fully saturated rings. The number of hydrogen-bond donors (Lipinski definition) is 1. The Bertz CT molecular complexity index is 444.